The van der Waals surface area contributed by atoms with E-state index in [4.69, 9.17) is 12.2 Å². The number of benzene rings is 2. The molecule has 32 heavy (non-hydrogen) atoms. The predicted octanol–water partition coefficient (Wildman–Crippen LogP) is 4.15. The number of aliphatic carboxylic acids is 1. The van der Waals surface area contributed by atoms with E-state index in [-0.39, 0.29) is 18.9 Å². The Balaban J connectivity index is 1.51. The fourth-order valence-corrected chi connectivity index (χ4v) is 4.66. The van der Waals surface area contributed by atoms with E-state index >= 15 is 0 Å². The summed E-state index contributed by atoms with van der Waals surface area (Å²) in [7, 11) is 0. The van der Waals surface area contributed by atoms with Crippen LogP contribution < -0.4 is 5.11 Å². The van der Waals surface area contributed by atoms with Crippen LogP contribution in [0.1, 0.15) is 18.5 Å². The van der Waals surface area contributed by atoms with E-state index in [1.807, 2.05) is 48.5 Å². The van der Waals surface area contributed by atoms with Crippen LogP contribution in [0.4, 0.5) is 0 Å². The summed E-state index contributed by atoms with van der Waals surface area (Å²) in [5.41, 5.74) is 4.73. The van der Waals surface area contributed by atoms with Gasteiger partial charge >= 0.3 is 0 Å². The molecule has 2 heterocycles. The highest BCUT2D eigenvalue weighted by molar-refractivity contribution is 8.26. The Kier molecular flexibility index (Phi) is 6.78. The highest BCUT2D eigenvalue weighted by Gasteiger charge is 2.31. The van der Waals surface area contributed by atoms with Crippen LogP contribution in [-0.2, 0) is 9.59 Å². The second-order valence-electron chi connectivity index (χ2n) is 7.20. The Morgan fingerprint density at radius 1 is 0.969 bits per heavy atom. The number of carboxylic acid groups (broad SMARTS) is 1. The number of carbonyl (C=O) groups is 2. The average molecular weight is 460 g/mol. The highest BCUT2D eigenvalue weighted by atomic mass is 32.2. The highest BCUT2D eigenvalue weighted by Crippen LogP contribution is 2.33. The van der Waals surface area contributed by atoms with E-state index in [1.54, 1.807) is 6.08 Å². The van der Waals surface area contributed by atoms with Gasteiger partial charge in [-0.1, -0.05) is 84.6 Å². The first kappa shape index (κ1) is 21.9. The Morgan fingerprint density at radius 3 is 2.38 bits per heavy atom. The summed E-state index contributed by atoms with van der Waals surface area (Å²) >= 11 is 6.49. The molecule has 0 aliphatic carbocycles. The molecule has 0 radical (unpaired) electrons. The van der Waals surface area contributed by atoms with Crippen molar-refractivity contribution in [1.82, 2.24) is 9.88 Å². The molecule has 0 unspecified atom stereocenters. The zero-order valence-electron chi connectivity index (χ0n) is 17.1. The van der Waals surface area contributed by atoms with Gasteiger partial charge in [0.2, 0.25) is 0 Å². The zero-order chi connectivity index (χ0) is 22.5. The maximum Gasteiger partial charge on any atom is 0.266 e. The SMILES string of the molecule is O=C([O-])CCCN1C(=O)/C(=C/c2cccc(-c3ccc(-c4ccccc4)cc3)n2)SC1=S. The van der Waals surface area contributed by atoms with Crippen molar-refractivity contribution < 1.29 is 14.7 Å². The lowest BCUT2D eigenvalue weighted by atomic mass is 10.0. The maximum absolute atomic E-state index is 12.7. The topological polar surface area (TPSA) is 73.3 Å². The first-order chi connectivity index (χ1) is 15.5. The number of thiocarbonyl (C=S) groups is 1. The fraction of sp³-hybridized carbons (Fsp3) is 0.120. The minimum absolute atomic E-state index is 0.108. The van der Waals surface area contributed by atoms with Gasteiger partial charge in [0.05, 0.1) is 16.3 Å². The van der Waals surface area contributed by atoms with E-state index in [0.29, 0.717) is 21.3 Å². The lowest BCUT2D eigenvalue weighted by Gasteiger charge is -2.14. The summed E-state index contributed by atoms with van der Waals surface area (Å²) in [5.74, 6) is -1.36. The molecule has 1 aromatic heterocycles. The number of hydrogen-bond acceptors (Lipinski definition) is 6. The number of rotatable bonds is 7. The van der Waals surface area contributed by atoms with E-state index in [1.165, 1.54) is 16.7 Å². The molecule has 1 fully saturated rings. The van der Waals surface area contributed by atoms with Crippen LogP contribution >= 0.6 is 24.0 Å². The molecule has 1 amide bonds. The van der Waals surface area contributed by atoms with Crippen molar-refractivity contribution in [3.63, 3.8) is 0 Å². The maximum atomic E-state index is 12.7. The van der Waals surface area contributed by atoms with Crippen molar-refractivity contribution in [1.29, 1.82) is 0 Å². The molecule has 0 N–H and O–H groups in total. The third-order valence-corrected chi connectivity index (χ3v) is 6.35. The molecular weight excluding hydrogens is 440 g/mol. The van der Waals surface area contributed by atoms with E-state index in [0.717, 1.165) is 22.4 Å². The average Bonchev–Trinajstić information content (AvgIpc) is 3.07. The predicted molar refractivity (Wildman–Crippen MR) is 129 cm³/mol. The standard InChI is InChI=1S/C25H20N2O3S2/c28-23(29)10-5-15-27-24(30)22(32-25(27)31)16-20-8-4-9-21(26-20)19-13-11-18(12-14-19)17-6-2-1-3-7-17/h1-4,6-9,11-14,16H,5,10,15H2,(H,28,29)/p-1/b22-16-. The summed E-state index contributed by atoms with van der Waals surface area (Å²) in [5, 5.41) is 10.6. The van der Waals surface area contributed by atoms with E-state index in [9.17, 15) is 14.7 Å². The quantitative estimate of drug-likeness (QED) is 0.390. The van der Waals surface area contributed by atoms with Gasteiger partial charge in [-0.05, 0) is 42.2 Å². The minimum Gasteiger partial charge on any atom is -0.550 e. The van der Waals surface area contributed by atoms with Gasteiger partial charge in [0.25, 0.3) is 5.91 Å². The van der Waals surface area contributed by atoms with Crippen LogP contribution in [0.15, 0.2) is 77.7 Å². The number of nitrogens with zero attached hydrogens (tertiary/aromatic N) is 2. The van der Waals surface area contributed by atoms with Crippen LogP contribution in [0.3, 0.4) is 0 Å². The summed E-state index contributed by atoms with van der Waals surface area (Å²) < 4.78 is 0.423. The number of carbonyl (C=O) groups excluding carboxylic acids is 2. The summed E-state index contributed by atoms with van der Waals surface area (Å²) in [6.45, 7) is 0.261. The van der Waals surface area contributed by atoms with E-state index < -0.39 is 5.97 Å². The molecule has 3 aromatic rings. The minimum atomic E-state index is -1.14. The molecule has 0 saturated carbocycles. The summed E-state index contributed by atoms with van der Waals surface area (Å²) in [4.78, 5) is 29.9. The van der Waals surface area contributed by atoms with Crippen LogP contribution in [0.5, 0.6) is 0 Å². The van der Waals surface area contributed by atoms with Crippen molar-refractivity contribution in [2.45, 2.75) is 12.8 Å². The van der Waals surface area contributed by atoms with Gasteiger partial charge in [0.15, 0.2) is 0 Å². The van der Waals surface area contributed by atoms with Gasteiger partial charge < -0.3 is 9.90 Å². The Labute approximate surface area is 195 Å². The second-order valence-corrected chi connectivity index (χ2v) is 8.88. The van der Waals surface area contributed by atoms with Crippen LogP contribution in [0.2, 0.25) is 0 Å². The summed E-state index contributed by atoms with van der Waals surface area (Å²) in [6.07, 6.45) is 1.91. The van der Waals surface area contributed by atoms with Crippen molar-refractivity contribution in [2.24, 2.45) is 0 Å². The van der Waals surface area contributed by atoms with Crippen LogP contribution in [-0.4, -0.2) is 32.6 Å². The number of pyridine rings is 1. The molecule has 2 aromatic carbocycles. The van der Waals surface area contributed by atoms with Crippen LogP contribution in [0, 0.1) is 0 Å². The first-order valence-electron chi connectivity index (χ1n) is 10.1. The molecule has 4 rings (SSSR count). The number of aromatic nitrogens is 1. The number of hydrogen-bond donors (Lipinski definition) is 0. The largest absolute Gasteiger partial charge is 0.550 e. The van der Waals surface area contributed by atoms with Gasteiger partial charge in [-0.15, -0.1) is 0 Å². The molecule has 0 spiro atoms. The van der Waals surface area contributed by atoms with Crippen molar-refractivity contribution in [3.8, 4) is 22.4 Å². The molecule has 1 saturated heterocycles. The van der Waals surface area contributed by atoms with Crippen molar-refractivity contribution >= 4 is 46.3 Å². The Hall–Kier alpha value is -3.29. The lowest BCUT2D eigenvalue weighted by Crippen LogP contribution is -2.30. The Morgan fingerprint density at radius 2 is 1.66 bits per heavy atom. The smallest absolute Gasteiger partial charge is 0.266 e. The molecule has 5 nitrogen and oxygen atoms in total. The molecule has 1 aliphatic heterocycles. The van der Waals surface area contributed by atoms with Gasteiger partial charge in [-0.3, -0.25) is 9.69 Å². The van der Waals surface area contributed by atoms with Gasteiger partial charge in [0, 0.05) is 18.1 Å². The fourth-order valence-electron chi connectivity index (χ4n) is 3.37. The zero-order valence-corrected chi connectivity index (χ0v) is 18.7. The van der Waals surface area contributed by atoms with E-state index in [2.05, 4.69) is 29.2 Å². The van der Waals surface area contributed by atoms with Gasteiger partial charge in [0.1, 0.15) is 4.32 Å². The molecular formula is C25H19N2O3S2-. The van der Waals surface area contributed by atoms with Gasteiger partial charge in [-0.25, -0.2) is 4.98 Å². The lowest BCUT2D eigenvalue weighted by molar-refractivity contribution is -0.305. The van der Waals surface area contributed by atoms with Crippen LogP contribution in [0.25, 0.3) is 28.5 Å². The van der Waals surface area contributed by atoms with Gasteiger partial charge in [-0.2, -0.15) is 0 Å². The third-order valence-electron chi connectivity index (χ3n) is 4.97. The monoisotopic (exact) mass is 459 g/mol. The first-order valence-corrected chi connectivity index (χ1v) is 11.3. The molecule has 1 aliphatic rings. The molecule has 0 bridgehead atoms. The summed E-state index contributed by atoms with van der Waals surface area (Å²) in [6, 6.07) is 24.0. The number of carboxylic acids is 1. The van der Waals surface area contributed by atoms with Crippen molar-refractivity contribution in [3.05, 3.63) is 83.4 Å². The molecule has 160 valence electrons. The third kappa shape index (κ3) is 5.12. The number of amides is 1. The second kappa shape index (κ2) is 9.89. The number of thioether (sulfide) groups is 1. The normalized spacial score (nSPS) is 14.9. The molecule has 7 heteroatoms. The Bertz CT molecular complexity index is 1190. The molecule has 0 atom stereocenters. The van der Waals surface area contributed by atoms with Crippen molar-refractivity contribution in [2.75, 3.05) is 6.54 Å².